The molecule has 7 nitrogen and oxygen atoms in total. The Labute approximate surface area is 193 Å². The topological polar surface area (TPSA) is 86.1 Å². The molecule has 0 aliphatic rings. The number of para-hydroxylation sites is 1. The van der Waals surface area contributed by atoms with E-state index in [1.54, 1.807) is 35.8 Å². The highest BCUT2D eigenvalue weighted by Crippen LogP contribution is 2.35. The van der Waals surface area contributed by atoms with Crippen molar-refractivity contribution < 1.29 is 9.53 Å². The Morgan fingerprint density at radius 1 is 1.16 bits per heavy atom. The van der Waals surface area contributed by atoms with Crippen LogP contribution in [0.1, 0.15) is 11.3 Å². The van der Waals surface area contributed by atoms with E-state index >= 15 is 0 Å². The van der Waals surface area contributed by atoms with Gasteiger partial charge < -0.3 is 10.1 Å². The van der Waals surface area contributed by atoms with Crippen LogP contribution in [0.25, 0.3) is 20.5 Å². The first kappa shape index (κ1) is 21.9. The van der Waals surface area contributed by atoms with Crippen LogP contribution in [0.15, 0.2) is 58.7 Å². The van der Waals surface area contributed by atoms with Crippen molar-refractivity contribution in [1.82, 2.24) is 20.1 Å². The second-order valence-corrected chi connectivity index (χ2v) is 8.98. The van der Waals surface area contributed by atoms with Crippen molar-refractivity contribution in [3.05, 3.63) is 75.5 Å². The summed E-state index contributed by atoms with van der Waals surface area (Å²) in [6, 6.07) is 14.7. The molecule has 9 heteroatoms. The summed E-state index contributed by atoms with van der Waals surface area (Å²) < 4.78 is 6.66. The van der Waals surface area contributed by atoms with Gasteiger partial charge in [-0.25, -0.2) is 9.67 Å². The molecule has 0 atom stereocenters. The highest BCUT2D eigenvalue weighted by atomic mass is 32.1. The van der Waals surface area contributed by atoms with Crippen LogP contribution in [0.4, 0.5) is 0 Å². The lowest BCUT2D eigenvalue weighted by atomic mass is 10.1. The third kappa shape index (κ3) is 4.95. The van der Waals surface area contributed by atoms with Crippen LogP contribution in [0.5, 0.6) is 5.75 Å². The molecule has 0 fully saturated rings. The number of rotatable bonds is 8. The number of thiazole rings is 1. The van der Waals surface area contributed by atoms with Gasteiger partial charge in [-0.2, -0.15) is 5.10 Å². The number of ether oxygens (including phenoxy) is 1. The van der Waals surface area contributed by atoms with Crippen LogP contribution >= 0.6 is 22.7 Å². The summed E-state index contributed by atoms with van der Waals surface area (Å²) in [7, 11) is 1.58. The molecule has 0 spiro atoms. The molecule has 1 amide bonds. The molecule has 0 saturated carbocycles. The quantitative estimate of drug-likeness (QED) is 0.427. The summed E-state index contributed by atoms with van der Waals surface area (Å²) in [6.45, 7) is 2.52. The molecule has 1 N–H and O–H groups in total. The fourth-order valence-corrected chi connectivity index (χ4v) is 5.08. The molecule has 32 heavy (non-hydrogen) atoms. The van der Waals surface area contributed by atoms with Gasteiger partial charge in [0.2, 0.25) is 5.91 Å². The van der Waals surface area contributed by atoms with E-state index in [1.165, 1.54) is 10.7 Å². The van der Waals surface area contributed by atoms with E-state index in [1.807, 2.05) is 48.7 Å². The first-order chi connectivity index (χ1) is 15.5. The zero-order valence-corrected chi connectivity index (χ0v) is 19.3. The predicted octanol–water partition coefficient (Wildman–Crippen LogP) is 3.77. The average Bonchev–Trinajstić information content (AvgIpc) is 3.45. The van der Waals surface area contributed by atoms with Crippen molar-refractivity contribution in [2.75, 3.05) is 13.7 Å². The number of carbonyl (C=O) groups is 1. The summed E-state index contributed by atoms with van der Waals surface area (Å²) >= 11 is 3.20. The predicted molar refractivity (Wildman–Crippen MR) is 127 cm³/mol. The minimum atomic E-state index is -0.214. The van der Waals surface area contributed by atoms with Crippen molar-refractivity contribution in [3.63, 3.8) is 0 Å². The summed E-state index contributed by atoms with van der Waals surface area (Å²) in [5.41, 5.74) is 2.17. The number of nitrogens with one attached hydrogen (secondary N) is 1. The Morgan fingerprint density at radius 3 is 2.78 bits per heavy atom. The largest absolute Gasteiger partial charge is 0.496 e. The van der Waals surface area contributed by atoms with Gasteiger partial charge in [0.05, 0.1) is 35.5 Å². The normalized spacial score (nSPS) is 10.8. The molecule has 0 saturated heterocycles. The SMILES string of the molecule is COc1ccccc1CC(=O)NCCn1nc(-c2sc(-c3cccs3)nc2C)ccc1=O. The van der Waals surface area contributed by atoms with Crippen LogP contribution in [0.2, 0.25) is 0 Å². The van der Waals surface area contributed by atoms with E-state index in [0.29, 0.717) is 18.0 Å². The van der Waals surface area contributed by atoms with Gasteiger partial charge in [0, 0.05) is 18.2 Å². The smallest absolute Gasteiger partial charge is 0.266 e. The monoisotopic (exact) mass is 466 g/mol. The third-order valence-corrected chi connectivity index (χ3v) is 7.04. The Bertz CT molecular complexity index is 1280. The highest BCUT2D eigenvalue weighted by molar-refractivity contribution is 7.23. The number of hydrogen-bond donors (Lipinski definition) is 1. The standard InChI is InChI=1S/C23H22N4O3S2/c1-15-22(32-23(25-15)19-8-5-13-31-19)17-9-10-21(29)27(26-17)12-11-24-20(28)14-16-6-3-4-7-18(16)30-2/h3-10,13H,11-12,14H2,1-2H3,(H,24,28). The molecule has 4 aromatic rings. The molecular weight excluding hydrogens is 444 g/mol. The average molecular weight is 467 g/mol. The van der Waals surface area contributed by atoms with Gasteiger partial charge in [-0.1, -0.05) is 24.3 Å². The maximum atomic E-state index is 12.3. The van der Waals surface area contributed by atoms with Crippen LogP contribution in [-0.4, -0.2) is 34.3 Å². The van der Waals surface area contributed by atoms with Gasteiger partial charge in [0.1, 0.15) is 16.5 Å². The fraction of sp³-hybridized carbons (Fsp3) is 0.217. The van der Waals surface area contributed by atoms with Crippen molar-refractivity contribution in [3.8, 4) is 26.2 Å². The summed E-state index contributed by atoms with van der Waals surface area (Å²) in [5, 5.41) is 10.3. The number of amides is 1. The van der Waals surface area contributed by atoms with E-state index in [9.17, 15) is 9.59 Å². The van der Waals surface area contributed by atoms with Crippen LogP contribution < -0.4 is 15.6 Å². The number of thiophene rings is 1. The molecule has 0 aliphatic carbocycles. The molecular formula is C23H22N4O3S2. The number of methoxy groups -OCH3 is 1. The second kappa shape index (κ2) is 9.88. The van der Waals surface area contributed by atoms with Gasteiger partial charge in [0.25, 0.3) is 5.56 Å². The molecule has 1 aromatic carbocycles. The molecule has 3 heterocycles. The lowest BCUT2D eigenvalue weighted by Crippen LogP contribution is -2.32. The molecule has 0 unspecified atom stereocenters. The van der Waals surface area contributed by atoms with Crippen LogP contribution in [-0.2, 0) is 17.8 Å². The zero-order chi connectivity index (χ0) is 22.5. The second-order valence-electron chi connectivity index (χ2n) is 7.03. The summed E-state index contributed by atoms with van der Waals surface area (Å²) in [4.78, 5) is 31.3. The van der Waals surface area contributed by atoms with E-state index in [-0.39, 0.29) is 24.4 Å². The highest BCUT2D eigenvalue weighted by Gasteiger charge is 2.14. The van der Waals surface area contributed by atoms with Crippen molar-refractivity contribution in [2.45, 2.75) is 19.9 Å². The van der Waals surface area contributed by atoms with Crippen molar-refractivity contribution in [1.29, 1.82) is 0 Å². The third-order valence-electron chi connectivity index (χ3n) is 4.82. The van der Waals surface area contributed by atoms with Gasteiger partial charge >= 0.3 is 0 Å². The van der Waals surface area contributed by atoms with E-state index < -0.39 is 0 Å². The van der Waals surface area contributed by atoms with E-state index in [2.05, 4.69) is 15.4 Å². The number of hydrogen-bond acceptors (Lipinski definition) is 7. The number of nitrogens with zero attached hydrogens (tertiary/aromatic N) is 3. The van der Waals surface area contributed by atoms with Gasteiger partial charge in [-0.05, 0) is 30.5 Å². The maximum Gasteiger partial charge on any atom is 0.266 e. The first-order valence-electron chi connectivity index (χ1n) is 10.0. The molecule has 3 aromatic heterocycles. The molecule has 4 rings (SSSR count). The first-order valence-corrected chi connectivity index (χ1v) is 11.7. The lowest BCUT2D eigenvalue weighted by molar-refractivity contribution is -0.120. The Kier molecular flexibility index (Phi) is 6.77. The maximum absolute atomic E-state index is 12.3. The molecule has 0 bridgehead atoms. The summed E-state index contributed by atoms with van der Waals surface area (Å²) in [6.07, 6.45) is 0.206. The minimum Gasteiger partial charge on any atom is -0.496 e. The van der Waals surface area contributed by atoms with Gasteiger partial charge in [-0.3, -0.25) is 9.59 Å². The molecule has 0 aliphatic heterocycles. The van der Waals surface area contributed by atoms with Gasteiger partial charge in [-0.15, -0.1) is 22.7 Å². The van der Waals surface area contributed by atoms with E-state index in [4.69, 9.17) is 4.74 Å². The Morgan fingerprint density at radius 2 is 2.00 bits per heavy atom. The minimum absolute atomic E-state index is 0.141. The number of carbonyl (C=O) groups excluding carboxylic acids is 1. The van der Waals surface area contributed by atoms with Crippen molar-refractivity contribution >= 4 is 28.6 Å². The summed E-state index contributed by atoms with van der Waals surface area (Å²) in [5.74, 6) is 0.535. The Balaban J connectivity index is 1.43. The molecule has 0 radical (unpaired) electrons. The Hall–Kier alpha value is -3.30. The van der Waals surface area contributed by atoms with E-state index in [0.717, 1.165) is 26.0 Å². The number of aromatic nitrogens is 3. The molecule has 164 valence electrons. The van der Waals surface area contributed by atoms with Crippen LogP contribution in [0.3, 0.4) is 0 Å². The van der Waals surface area contributed by atoms with Gasteiger partial charge in [0.15, 0.2) is 0 Å². The lowest BCUT2D eigenvalue weighted by Gasteiger charge is -2.10. The number of benzene rings is 1. The fourth-order valence-electron chi connectivity index (χ4n) is 3.26. The number of aryl methyl sites for hydroxylation is 1. The van der Waals surface area contributed by atoms with Crippen LogP contribution in [0, 0.1) is 6.92 Å². The zero-order valence-electron chi connectivity index (χ0n) is 17.7. The van der Waals surface area contributed by atoms with Crippen molar-refractivity contribution in [2.24, 2.45) is 0 Å².